The van der Waals surface area contributed by atoms with Crippen molar-refractivity contribution < 1.29 is 24.2 Å². The van der Waals surface area contributed by atoms with Crippen molar-refractivity contribution in [2.75, 3.05) is 20.3 Å². The van der Waals surface area contributed by atoms with Gasteiger partial charge in [0.1, 0.15) is 5.82 Å². The average Bonchev–Trinajstić information content (AvgIpc) is 3.29. The number of rotatable bonds is 5. The highest BCUT2D eigenvalue weighted by Crippen LogP contribution is 2.40. The van der Waals surface area contributed by atoms with E-state index in [-0.39, 0.29) is 30.1 Å². The normalized spacial score (nSPS) is 25.8. The molecule has 1 N–H and O–H groups in total. The highest BCUT2D eigenvalue weighted by molar-refractivity contribution is 5.82. The van der Waals surface area contributed by atoms with Crippen LogP contribution in [0, 0.1) is 5.92 Å². The number of carboxylic acids is 1. The molecule has 3 heterocycles. The van der Waals surface area contributed by atoms with Gasteiger partial charge in [0.25, 0.3) is 0 Å². The first kappa shape index (κ1) is 24.1. The van der Waals surface area contributed by atoms with E-state index in [1.165, 1.54) is 19.1 Å². The van der Waals surface area contributed by atoms with Gasteiger partial charge in [0.05, 0.1) is 36.7 Å². The number of fused-ring (bicyclic) bond motifs is 3. The summed E-state index contributed by atoms with van der Waals surface area (Å²) >= 11 is 0. The van der Waals surface area contributed by atoms with E-state index in [2.05, 4.69) is 23.6 Å². The summed E-state index contributed by atoms with van der Waals surface area (Å²) in [4.78, 5) is 30.8. The molecule has 0 bridgehead atoms. The van der Waals surface area contributed by atoms with E-state index in [0.29, 0.717) is 25.9 Å². The largest absolute Gasteiger partial charge is 0.481 e. The lowest BCUT2D eigenvalue weighted by atomic mass is 9.81. The van der Waals surface area contributed by atoms with Crippen molar-refractivity contribution in [2.45, 2.75) is 89.3 Å². The van der Waals surface area contributed by atoms with Gasteiger partial charge in [-0.2, -0.15) is 0 Å². The van der Waals surface area contributed by atoms with Crippen LogP contribution in [0.5, 0.6) is 0 Å². The fourth-order valence-corrected chi connectivity index (χ4v) is 6.33. The number of carbonyl (C=O) groups is 2. The minimum atomic E-state index is -0.684. The first-order valence-electron chi connectivity index (χ1n) is 13.2. The summed E-state index contributed by atoms with van der Waals surface area (Å²) in [7, 11) is 1.42. The summed E-state index contributed by atoms with van der Waals surface area (Å²) in [5.41, 5.74) is 4.43. The van der Waals surface area contributed by atoms with Gasteiger partial charge in [-0.25, -0.2) is 9.78 Å². The Kier molecular flexibility index (Phi) is 7.00. The quantitative estimate of drug-likeness (QED) is 0.640. The van der Waals surface area contributed by atoms with E-state index < -0.39 is 5.97 Å². The number of methoxy groups -OCH3 is 1. The lowest BCUT2D eigenvalue weighted by Crippen LogP contribution is -2.35. The fraction of sp³-hybridized carbons (Fsp3) is 0.667. The molecule has 0 radical (unpaired) electrons. The molecule has 8 heteroatoms. The zero-order valence-electron chi connectivity index (χ0n) is 20.9. The van der Waals surface area contributed by atoms with Crippen molar-refractivity contribution in [3.8, 4) is 0 Å². The monoisotopic (exact) mass is 483 g/mol. The van der Waals surface area contributed by atoms with E-state index in [1.807, 2.05) is 0 Å². The summed E-state index contributed by atoms with van der Waals surface area (Å²) in [6.07, 6.45) is 8.19. The Balaban J connectivity index is 1.52. The molecular formula is C27H37N3O5. The molecule has 2 atom stereocenters. The van der Waals surface area contributed by atoms with Gasteiger partial charge in [0.2, 0.25) is 0 Å². The number of hydrogen-bond acceptors (Lipinski definition) is 5. The SMILES string of the molecule is COC(=O)N1CCc2ccc3c(nc([C@H]4CC[C@H](C(=O)O)CC4)n3C(C)C[C@@H]3CCCCO3)c2C1. The number of aromatic nitrogens is 2. The molecule has 1 saturated carbocycles. The summed E-state index contributed by atoms with van der Waals surface area (Å²) < 4.78 is 13.5. The molecular weight excluding hydrogens is 446 g/mol. The van der Waals surface area contributed by atoms with Crippen LogP contribution in [0.1, 0.15) is 87.2 Å². The zero-order chi connectivity index (χ0) is 24.5. The molecule has 1 aliphatic carbocycles. The maximum Gasteiger partial charge on any atom is 0.409 e. The second-order valence-electron chi connectivity index (χ2n) is 10.5. The molecule has 1 saturated heterocycles. The molecule has 35 heavy (non-hydrogen) atoms. The molecule has 2 fully saturated rings. The molecule has 1 aromatic heterocycles. The maximum atomic E-state index is 12.3. The molecule has 1 amide bonds. The Morgan fingerprint density at radius 3 is 2.69 bits per heavy atom. The second-order valence-corrected chi connectivity index (χ2v) is 10.5. The highest BCUT2D eigenvalue weighted by atomic mass is 16.5. The van der Waals surface area contributed by atoms with Gasteiger partial charge in [0, 0.05) is 30.7 Å². The maximum absolute atomic E-state index is 12.3. The lowest BCUT2D eigenvalue weighted by molar-refractivity contribution is -0.142. The summed E-state index contributed by atoms with van der Waals surface area (Å²) in [5.74, 6) is 0.370. The number of carbonyl (C=O) groups excluding carboxylic acids is 1. The molecule has 1 unspecified atom stereocenters. The van der Waals surface area contributed by atoms with Gasteiger partial charge in [-0.05, 0) is 76.3 Å². The summed E-state index contributed by atoms with van der Waals surface area (Å²) in [6.45, 7) is 4.24. The van der Waals surface area contributed by atoms with Crippen LogP contribution < -0.4 is 0 Å². The van der Waals surface area contributed by atoms with E-state index >= 15 is 0 Å². The van der Waals surface area contributed by atoms with Crippen LogP contribution in [0.15, 0.2) is 12.1 Å². The van der Waals surface area contributed by atoms with Crippen LogP contribution in [0.3, 0.4) is 0 Å². The number of imidazole rings is 1. The molecule has 0 spiro atoms. The fourth-order valence-electron chi connectivity index (χ4n) is 6.33. The van der Waals surface area contributed by atoms with Gasteiger partial charge in [0.15, 0.2) is 0 Å². The van der Waals surface area contributed by atoms with E-state index in [0.717, 1.165) is 67.6 Å². The predicted molar refractivity (Wildman–Crippen MR) is 132 cm³/mol. The van der Waals surface area contributed by atoms with E-state index in [1.54, 1.807) is 4.90 Å². The number of hydrogen-bond donors (Lipinski definition) is 1. The highest BCUT2D eigenvalue weighted by Gasteiger charge is 2.33. The van der Waals surface area contributed by atoms with Gasteiger partial charge in [-0.3, -0.25) is 4.79 Å². The minimum absolute atomic E-state index is 0.216. The number of aliphatic carboxylic acids is 1. The van der Waals surface area contributed by atoms with E-state index in [4.69, 9.17) is 14.5 Å². The number of nitrogens with zero attached hydrogens (tertiary/aromatic N) is 3. The first-order chi connectivity index (χ1) is 17.0. The predicted octanol–water partition coefficient (Wildman–Crippen LogP) is 5.04. The van der Waals surface area contributed by atoms with Crippen LogP contribution in [-0.2, 0) is 27.2 Å². The molecule has 190 valence electrons. The van der Waals surface area contributed by atoms with Crippen molar-refractivity contribution in [1.29, 1.82) is 0 Å². The number of carboxylic acid groups (broad SMARTS) is 1. The molecule has 5 rings (SSSR count). The molecule has 8 nitrogen and oxygen atoms in total. The number of benzene rings is 1. The minimum Gasteiger partial charge on any atom is -0.481 e. The lowest BCUT2D eigenvalue weighted by Gasteiger charge is -2.30. The van der Waals surface area contributed by atoms with Crippen LogP contribution in [0.4, 0.5) is 4.79 Å². The van der Waals surface area contributed by atoms with Crippen LogP contribution in [0.2, 0.25) is 0 Å². The van der Waals surface area contributed by atoms with Gasteiger partial charge in [-0.1, -0.05) is 6.07 Å². The third kappa shape index (κ3) is 4.77. The molecule has 1 aromatic carbocycles. The molecule has 2 aromatic rings. The van der Waals surface area contributed by atoms with Crippen LogP contribution >= 0.6 is 0 Å². The second kappa shape index (κ2) is 10.2. The average molecular weight is 484 g/mol. The standard InChI is InChI=1S/C27H37N3O5/c1-17(15-21-5-3-4-14-35-21)30-23-11-10-18-12-13-29(27(33)34-2)16-22(18)24(23)28-25(30)19-6-8-20(9-7-19)26(31)32/h10-11,17,19-21H,3-9,12-16H2,1-2H3,(H,31,32)/t17?,19-,20-,21-/m0/s1. The smallest absolute Gasteiger partial charge is 0.409 e. The third-order valence-electron chi connectivity index (χ3n) is 8.28. The van der Waals surface area contributed by atoms with Gasteiger partial charge >= 0.3 is 12.1 Å². The Labute approximate surface area is 206 Å². The molecule has 2 aliphatic heterocycles. The first-order valence-corrected chi connectivity index (χ1v) is 13.2. The zero-order valence-corrected chi connectivity index (χ0v) is 20.9. The Morgan fingerprint density at radius 2 is 2.00 bits per heavy atom. The van der Waals surface area contributed by atoms with Crippen LogP contribution in [-0.4, -0.2) is 58.0 Å². The van der Waals surface area contributed by atoms with Gasteiger partial charge < -0.3 is 24.0 Å². The number of amides is 1. The molecule has 3 aliphatic rings. The van der Waals surface area contributed by atoms with Crippen LogP contribution in [0.25, 0.3) is 11.0 Å². The summed E-state index contributed by atoms with van der Waals surface area (Å²) in [5, 5.41) is 9.48. The number of ether oxygens (including phenoxy) is 2. The topological polar surface area (TPSA) is 93.9 Å². The van der Waals surface area contributed by atoms with Crippen molar-refractivity contribution in [3.05, 3.63) is 29.1 Å². The van der Waals surface area contributed by atoms with E-state index in [9.17, 15) is 14.7 Å². The Bertz CT molecular complexity index is 1080. The Morgan fingerprint density at radius 1 is 1.20 bits per heavy atom. The van der Waals surface area contributed by atoms with Crippen molar-refractivity contribution in [2.24, 2.45) is 5.92 Å². The Hall–Kier alpha value is -2.61. The van der Waals surface area contributed by atoms with Crippen molar-refractivity contribution >= 4 is 23.1 Å². The van der Waals surface area contributed by atoms with Gasteiger partial charge in [-0.15, -0.1) is 0 Å². The summed E-state index contributed by atoms with van der Waals surface area (Å²) in [6, 6.07) is 4.60. The van der Waals surface area contributed by atoms with Crippen molar-refractivity contribution in [1.82, 2.24) is 14.5 Å². The third-order valence-corrected chi connectivity index (χ3v) is 8.28. The van der Waals surface area contributed by atoms with Crippen molar-refractivity contribution in [3.63, 3.8) is 0 Å².